The summed E-state index contributed by atoms with van der Waals surface area (Å²) in [5.74, 6) is 1.45. The molecule has 0 aliphatic carbocycles. The first-order valence-corrected chi connectivity index (χ1v) is 5.63. The Morgan fingerprint density at radius 2 is 2.19 bits per heavy atom. The van der Waals surface area contributed by atoms with E-state index in [-0.39, 0.29) is 5.41 Å². The zero-order valence-corrected chi connectivity index (χ0v) is 10.2. The highest BCUT2D eigenvalue weighted by Gasteiger charge is 2.19. The Morgan fingerprint density at radius 3 is 2.75 bits per heavy atom. The number of hydrogen-bond acceptors (Lipinski definition) is 7. The second-order valence-corrected chi connectivity index (χ2v) is 5.11. The van der Waals surface area contributed by atoms with E-state index in [0.29, 0.717) is 12.4 Å². The number of aromatic amines is 1. The number of anilines is 1. The van der Waals surface area contributed by atoms with Crippen molar-refractivity contribution in [2.24, 2.45) is 0 Å². The average Bonchev–Trinajstić information content (AvgIpc) is 2.85. The van der Waals surface area contributed by atoms with E-state index >= 15 is 0 Å². The molecule has 0 radical (unpaired) electrons. The summed E-state index contributed by atoms with van der Waals surface area (Å²) >= 11 is 1.34. The molecule has 2 N–H and O–H groups in total. The summed E-state index contributed by atoms with van der Waals surface area (Å²) < 4.78 is 4.29. The lowest BCUT2D eigenvalue weighted by atomic mass is 9.96. The van der Waals surface area contributed by atoms with Crippen molar-refractivity contribution < 1.29 is 0 Å². The molecule has 0 saturated carbocycles. The normalized spacial score (nSPS) is 11.7. The quantitative estimate of drug-likeness (QED) is 0.828. The first kappa shape index (κ1) is 10.9. The Kier molecular flexibility index (Phi) is 2.82. The van der Waals surface area contributed by atoms with Gasteiger partial charge in [-0.1, -0.05) is 26.0 Å². The van der Waals surface area contributed by atoms with Gasteiger partial charge in [0.05, 0.1) is 6.54 Å². The molecule has 8 heteroatoms. The minimum Gasteiger partial charge on any atom is -0.353 e. The van der Waals surface area contributed by atoms with E-state index in [0.717, 1.165) is 11.0 Å². The lowest BCUT2D eigenvalue weighted by Gasteiger charge is -2.12. The van der Waals surface area contributed by atoms with Crippen LogP contribution in [0.25, 0.3) is 0 Å². The molecule has 2 aromatic rings. The van der Waals surface area contributed by atoms with Crippen molar-refractivity contribution in [3.05, 3.63) is 11.6 Å². The third kappa shape index (κ3) is 2.51. The maximum atomic E-state index is 4.39. The van der Waals surface area contributed by atoms with Gasteiger partial charge in [-0.2, -0.15) is 9.59 Å². The van der Waals surface area contributed by atoms with Crippen LogP contribution >= 0.6 is 11.5 Å². The van der Waals surface area contributed by atoms with Crippen molar-refractivity contribution >= 4 is 16.7 Å². The van der Waals surface area contributed by atoms with Gasteiger partial charge in [0.2, 0.25) is 5.13 Å². The highest BCUT2D eigenvalue weighted by atomic mass is 32.1. The summed E-state index contributed by atoms with van der Waals surface area (Å²) in [5.41, 5.74) is -0.0252. The van der Waals surface area contributed by atoms with Gasteiger partial charge < -0.3 is 5.32 Å². The van der Waals surface area contributed by atoms with E-state index in [1.54, 1.807) is 0 Å². The molecule has 0 unspecified atom stereocenters. The third-order valence-corrected chi connectivity index (χ3v) is 2.56. The van der Waals surface area contributed by atoms with Gasteiger partial charge in [0, 0.05) is 16.9 Å². The second-order valence-electron chi connectivity index (χ2n) is 4.35. The number of H-pyrrole nitrogens is 1. The molecule has 2 heterocycles. The zero-order valence-electron chi connectivity index (χ0n) is 9.35. The van der Waals surface area contributed by atoms with Crippen molar-refractivity contribution in [3.63, 3.8) is 0 Å². The van der Waals surface area contributed by atoms with Gasteiger partial charge in [-0.25, -0.2) is 4.98 Å². The van der Waals surface area contributed by atoms with Crippen molar-refractivity contribution in [2.45, 2.75) is 32.7 Å². The fourth-order valence-electron chi connectivity index (χ4n) is 1.01. The van der Waals surface area contributed by atoms with Crippen molar-refractivity contribution in [3.8, 4) is 0 Å². The van der Waals surface area contributed by atoms with Crippen molar-refractivity contribution in [1.29, 1.82) is 0 Å². The number of tetrazole rings is 1. The third-order valence-electron chi connectivity index (χ3n) is 1.88. The Balaban J connectivity index is 1.98. The van der Waals surface area contributed by atoms with E-state index in [4.69, 9.17) is 0 Å². The maximum absolute atomic E-state index is 4.39. The molecule has 2 rings (SSSR count). The van der Waals surface area contributed by atoms with Crippen LogP contribution in [-0.2, 0) is 12.0 Å². The second kappa shape index (κ2) is 4.12. The summed E-state index contributed by atoms with van der Waals surface area (Å²) in [6.07, 6.45) is 0. The fourth-order valence-corrected chi connectivity index (χ4v) is 1.76. The Morgan fingerprint density at radius 1 is 1.38 bits per heavy atom. The summed E-state index contributed by atoms with van der Waals surface area (Å²) in [6, 6.07) is 0. The summed E-state index contributed by atoms with van der Waals surface area (Å²) in [6.45, 7) is 6.74. The van der Waals surface area contributed by atoms with Gasteiger partial charge in [0.1, 0.15) is 5.82 Å². The van der Waals surface area contributed by atoms with Gasteiger partial charge in [-0.05, 0) is 0 Å². The van der Waals surface area contributed by atoms with Crippen LogP contribution in [0.4, 0.5) is 5.13 Å². The smallest absolute Gasteiger partial charge is 0.202 e. The van der Waals surface area contributed by atoms with Crippen LogP contribution in [0, 0.1) is 0 Å². The largest absolute Gasteiger partial charge is 0.353 e. The highest BCUT2D eigenvalue weighted by Crippen LogP contribution is 2.22. The van der Waals surface area contributed by atoms with Crippen molar-refractivity contribution in [1.82, 2.24) is 30.0 Å². The summed E-state index contributed by atoms with van der Waals surface area (Å²) in [5, 5.41) is 17.4. The van der Waals surface area contributed by atoms with E-state index in [1.165, 1.54) is 11.5 Å². The van der Waals surface area contributed by atoms with Crippen LogP contribution in [0.3, 0.4) is 0 Å². The monoisotopic (exact) mass is 239 g/mol. The molecule has 0 bridgehead atoms. The standard InChI is InChI=1S/C8H13N7S/c1-8(2,3)6-10-7(16-13-6)9-4-5-11-14-15-12-5/h4H2,1-3H3,(H,9,10,13)(H,11,12,14,15). The van der Waals surface area contributed by atoms with Crippen LogP contribution in [-0.4, -0.2) is 30.0 Å². The predicted octanol–water partition coefficient (Wildman–Crippen LogP) is 0.961. The molecule has 86 valence electrons. The van der Waals surface area contributed by atoms with Gasteiger partial charge in [-0.15, -0.1) is 10.2 Å². The van der Waals surface area contributed by atoms with E-state index < -0.39 is 0 Å². The maximum Gasteiger partial charge on any atom is 0.202 e. The summed E-state index contributed by atoms with van der Waals surface area (Å²) in [7, 11) is 0. The topological polar surface area (TPSA) is 92.3 Å². The number of nitrogens with zero attached hydrogens (tertiary/aromatic N) is 5. The number of rotatable bonds is 3. The Bertz CT molecular complexity index is 441. The minimum atomic E-state index is -0.0252. The Labute approximate surface area is 96.9 Å². The molecular weight excluding hydrogens is 226 g/mol. The molecule has 7 nitrogen and oxygen atoms in total. The van der Waals surface area contributed by atoms with Gasteiger partial charge in [0.15, 0.2) is 5.82 Å². The zero-order chi connectivity index (χ0) is 11.6. The molecule has 0 spiro atoms. The SMILES string of the molecule is CC(C)(C)c1nsc(NCc2nn[nH]n2)n1. The van der Waals surface area contributed by atoms with Gasteiger partial charge >= 0.3 is 0 Å². The molecular formula is C8H13N7S. The molecule has 0 atom stereocenters. The number of nitrogens with one attached hydrogen (secondary N) is 2. The fraction of sp³-hybridized carbons (Fsp3) is 0.625. The van der Waals surface area contributed by atoms with Crippen LogP contribution in [0.5, 0.6) is 0 Å². The van der Waals surface area contributed by atoms with E-state index in [1.807, 2.05) is 0 Å². The van der Waals surface area contributed by atoms with Crippen LogP contribution in [0.1, 0.15) is 32.4 Å². The lowest BCUT2D eigenvalue weighted by molar-refractivity contribution is 0.555. The summed E-state index contributed by atoms with van der Waals surface area (Å²) in [4.78, 5) is 4.39. The lowest BCUT2D eigenvalue weighted by Crippen LogP contribution is -2.13. The molecule has 0 saturated heterocycles. The number of hydrogen-bond donors (Lipinski definition) is 2. The van der Waals surface area contributed by atoms with Crippen LogP contribution < -0.4 is 5.32 Å². The average molecular weight is 239 g/mol. The molecule has 16 heavy (non-hydrogen) atoms. The van der Waals surface area contributed by atoms with Gasteiger partial charge in [-0.3, -0.25) is 0 Å². The molecule has 0 fully saturated rings. The first-order chi connectivity index (χ1) is 7.55. The van der Waals surface area contributed by atoms with Crippen molar-refractivity contribution in [2.75, 3.05) is 5.32 Å². The van der Waals surface area contributed by atoms with E-state index in [2.05, 4.69) is 56.1 Å². The van der Waals surface area contributed by atoms with Crippen LogP contribution in [0.15, 0.2) is 0 Å². The highest BCUT2D eigenvalue weighted by molar-refractivity contribution is 7.09. The van der Waals surface area contributed by atoms with Gasteiger partial charge in [0.25, 0.3) is 0 Å². The molecule has 0 amide bonds. The predicted molar refractivity (Wildman–Crippen MR) is 60.1 cm³/mol. The van der Waals surface area contributed by atoms with Crippen LogP contribution in [0.2, 0.25) is 0 Å². The molecule has 0 aliphatic heterocycles. The minimum absolute atomic E-state index is 0.0252. The molecule has 2 aromatic heterocycles. The Hall–Kier alpha value is -1.57. The molecule has 0 aliphatic rings. The van der Waals surface area contributed by atoms with E-state index in [9.17, 15) is 0 Å². The number of aromatic nitrogens is 6. The molecule has 0 aromatic carbocycles. The first-order valence-electron chi connectivity index (χ1n) is 4.86.